The van der Waals surface area contributed by atoms with Crippen molar-refractivity contribution in [3.05, 3.63) is 36.1 Å². The van der Waals surface area contributed by atoms with Crippen LogP contribution < -0.4 is 5.32 Å². The number of hydrogen-bond donors (Lipinski definition) is 1. The summed E-state index contributed by atoms with van der Waals surface area (Å²) >= 11 is 0. The van der Waals surface area contributed by atoms with Crippen molar-refractivity contribution in [2.75, 3.05) is 5.32 Å². The van der Waals surface area contributed by atoms with Crippen LogP contribution in [0.3, 0.4) is 0 Å². The highest BCUT2D eigenvalue weighted by molar-refractivity contribution is 5.98. The van der Waals surface area contributed by atoms with Crippen LogP contribution >= 0.6 is 0 Å². The topological polar surface area (TPSA) is 77.6 Å². The van der Waals surface area contributed by atoms with Gasteiger partial charge in [-0.3, -0.25) is 9.48 Å². The molecular formula is C17H24N6O. The summed E-state index contributed by atoms with van der Waals surface area (Å²) in [5.74, 6) is 2.62. The zero-order chi connectivity index (χ0) is 17.1. The van der Waals surface area contributed by atoms with E-state index in [0.29, 0.717) is 12.4 Å². The first-order chi connectivity index (χ1) is 11.6. The largest absolute Gasteiger partial charge is 0.315 e. The van der Waals surface area contributed by atoms with E-state index in [0.717, 1.165) is 30.3 Å². The maximum Gasteiger partial charge on any atom is 0.248 e. The van der Waals surface area contributed by atoms with Gasteiger partial charge in [-0.25, -0.2) is 0 Å². The van der Waals surface area contributed by atoms with Crippen LogP contribution in [-0.4, -0.2) is 30.5 Å². The Kier molecular flexibility index (Phi) is 4.78. The summed E-state index contributed by atoms with van der Waals surface area (Å²) in [4.78, 5) is 11.4. The molecule has 1 aliphatic heterocycles. The zero-order valence-electron chi connectivity index (χ0n) is 14.3. The molecular weight excluding hydrogens is 304 g/mol. The van der Waals surface area contributed by atoms with Gasteiger partial charge in [-0.1, -0.05) is 19.9 Å². The highest BCUT2D eigenvalue weighted by atomic mass is 16.1. The fourth-order valence-electron chi connectivity index (χ4n) is 3.15. The van der Waals surface area contributed by atoms with Crippen molar-refractivity contribution in [2.45, 2.75) is 58.5 Å². The Morgan fingerprint density at radius 3 is 3.04 bits per heavy atom. The van der Waals surface area contributed by atoms with E-state index < -0.39 is 0 Å². The first kappa shape index (κ1) is 16.4. The highest BCUT2D eigenvalue weighted by Crippen LogP contribution is 2.22. The number of amides is 1. The minimum absolute atomic E-state index is 0.200. The van der Waals surface area contributed by atoms with E-state index in [9.17, 15) is 4.79 Å². The third-order valence-corrected chi connectivity index (χ3v) is 4.44. The van der Waals surface area contributed by atoms with Crippen LogP contribution in [0, 0.1) is 6.92 Å². The molecule has 0 radical (unpaired) electrons. The molecule has 0 spiro atoms. The molecule has 0 bridgehead atoms. The van der Waals surface area contributed by atoms with Gasteiger partial charge < -0.3 is 9.88 Å². The molecule has 0 aromatic carbocycles. The van der Waals surface area contributed by atoms with Crippen molar-refractivity contribution >= 4 is 11.7 Å². The summed E-state index contributed by atoms with van der Waals surface area (Å²) in [7, 11) is 0. The second-order valence-corrected chi connectivity index (χ2v) is 6.38. The summed E-state index contributed by atoms with van der Waals surface area (Å²) < 4.78 is 4.18. The summed E-state index contributed by atoms with van der Waals surface area (Å²) in [6, 6.07) is 1.86. The van der Waals surface area contributed by atoms with Crippen LogP contribution in [-0.2, 0) is 24.3 Å². The molecule has 1 N–H and O–H groups in total. The van der Waals surface area contributed by atoms with Crippen LogP contribution in [0.1, 0.15) is 49.4 Å². The van der Waals surface area contributed by atoms with Gasteiger partial charge in [0.1, 0.15) is 11.6 Å². The molecule has 2 aromatic rings. The Balaban J connectivity index is 1.75. The maximum atomic E-state index is 11.4. The van der Waals surface area contributed by atoms with Gasteiger partial charge in [-0.2, -0.15) is 5.10 Å². The Morgan fingerprint density at radius 1 is 1.42 bits per heavy atom. The van der Waals surface area contributed by atoms with E-state index >= 15 is 0 Å². The van der Waals surface area contributed by atoms with E-state index in [1.54, 1.807) is 0 Å². The average molecular weight is 328 g/mol. The minimum Gasteiger partial charge on any atom is -0.315 e. The van der Waals surface area contributed by atoms with E-state index in [1.165, 1.54) is 25.3 Å². The van der Waals surface area contributed by atoms with Crippen LogP contribution in [0.25, 0.3) is 0 Å². The Bertz CT molecular complexity index is 744. The minimum atomic E-state index is -0.254. The number of rotatable bonds is 5. The van der Waals surface area contributed by atoms with Gasteiger partial charge in [0.15, 0.2) is 5.82 Å². The fraction of sp³-hybridized carbons (Fsp3) is 0.529. The van der Waals surface area contributed by atoms with Crippen molar-refractivity contribution in [1.82, 2.24) is 24.5 Å². The van der Waals surface area contributed by atoms with Gasteiger partial charge in [-0.05, 0) is 25.8 Å². The summed E-state index contributed by atoms with van der Waals surface area (Å²) in [6.45, 7) is 9.28. The highest BCUT2D eigenvalue weighted by Gasteiger charge is 2.20. The van der Waals surface area contributed by atoms with Gasteiger partial charge in [0.25, 0.3) is 0 Å². The zero-order valence-corrected chi connectivity index (χ0v) is 14.3. The Labute approximate surface area is 141 Å². The number of aromatic nitrogens is 5. The lowest BCUT2D eigenvalue weighted by Gasteiger charge is -2.14. The van der Waals surface area contributed by atoms with Crippen LogP contribution in [0.2, 0.25) is 0 Å². The van der Waals surface area contributed by atoms with E-state index in [4.69, 9.17) is 0 Å². The van der Waals surface area contributed by atoms with Crippen molar-refractivity contribution in [3.63, 3.8) is 0 Å². The first-order valence-corrected chi connectivity index (χ1v) is 8.48. The standard InChI is InChI=1S/C17H24N6O/c1-4-16(24)18-14-10-13(3)23(21-14)11-12(2)17-20-19-15-8-6-5-7-9-22(15)17/h4,10,12H,1,5-9,11H2,2-3H3,(H,18,21,24). The lowest BCUT2D eigenvalue weighted by molar-refractivity contribution is -0.111. The van der Waals surface area contributed by atoms with Gasteiger partial charge in [0, 0.05) is 30.6 Å². The number of nitrogens with one attached hydrogen (secondary N) is 1. The van der Waals surface area contributed by atoms with Gasteiger partial charge in [-0.15, -0.1) is 10.2 Å². The number of carbonyl (C=O) groups excluding carboxylic acids is 1. The van der Waals surface area contributed by atoms with Crippen LogP contribution in [0.4, 0.5) is 5.82 Å². The van der Waals surface area contributed by atoms with Crippen molar-refractivity contribution in [3.8, 4) is 0 Å². The predicted octanol–water partition coefficient (Wildman–Crippen LogP) is 2.44. The lowest BCUT2D eigenvalue weighted by Crippen LogP contribution is -2.15. The third-order valence-electron chi connectivity index (χ3n) is 4.44. The van der Waals surface area contributed by atoms with E-state index in [-0.39, 0.29) is 11.8 Å². The van der Waals surface area contributed by atoms with Crippen molar-refractivity contribution < 1.29 is 4.79 Å². The number of hydrogen-bond acceptors (Lipinski definition) is 4. The number of anilines is 1. The molecule has 1 atom stereocenters. The molecule has 7 nitrogen and oxygen atoms in total. The number of nitrogens with zero attached hydrogens (tertiary/aromatic N) is 5. The maximum absolute atomic E-state index is 11.4. The molecule has 0 saturated carbocycles. The second-order valence-electron chi connectivity index (χ2n) is 6.38. The number of fused-ring (bicyclic) bond motifs is 1. The number of carbonyl (C=O) groups is 1. The molecule has 1 unspecified atom stereocenters. The van der Waals surface area contributed by atoms with Gasteiger partial charge >= 0.3 is 0 Å². The SMILES string of the molecule is C=CC(=O)Nc1cc(C)n(CC(C)c2nnc3n2CCCCC3)n1. The number of aryl methyl sites for hydroxylation is 2. The van der Waals surface area contributed by atoms with Crippen molar-refractivity contribution in [2.24, 2.45) is 0 Å². The smallest absolute Gasteiger partial charge is 0.248 e. The molecule has 0 saturated heterocycles. The average Bonchev–Trinajstić information content (AvgIpc) is 3.02. The van der Waals surface area contributed by atoms with E-state index in [2.05, 4.69) is 38.7 Å². The molecule has 24 heavy (non-hydrogen) atoms. The monoisotopic (exact) mass is 328 g/mol. The summed E-state index contributed by atoms with van der Waals surface area (Å²) in [6.07, 6.45) is 5.88. The molecule has 7 heteroatoms. The predicted molar refractivity (Wildman–Crippen MR) is 91.8 cm³/mol. The third kappa shape index (κ3) is 3.39. The van der Waals surface area contributed by atoms with E-state index in [1.807, 2.05) is 17.7 Å². The molecule has 0 aliphatic carbocycles. The van der Waals surface area contributed by atoms with Crippen LogP contribution in [0.15, 0.2) is 18.7 Å². The molecule has 128 valence electrons. The molecule has 3 heterocycles. The summed E-state index contributed by atoms with van der Waals surface area (Å²) in [5, 5.41) is 15.9. The van der Waals surface area contributed by atoms with Crippen molar-refractivity contribution in [1.29, 1.82) is 0 Å². The lowest BCUT2D eigenvalue weighted by atomic mass is 10.1. The Hall–Kier alpha value is -2.44. The molecule has 1 amide bonds. The normalized spacial score (nSPS) is 15.4. The fourth-order valence-corrected chi connectivity index (χ4v) is 3.15. The molecule has 0 fully saturated rings. The molecule has 1 aliphatic rings. The quantitative estimate of drug-likeness (QED) is 0.855. The molecule has 3 rings (SSSR count). The van der Waals surface area contributed by atoms with Gasteiger partial charge in [0.2, 0.25) is 5.91 Å². The Morgan fingerprint density at radius 2 is 2.25 bits per heavy atom. The molecule has 2 aromatic heterocycles. The van der Waals surface area contributed by atoms with Gasteiger partial charge in [0.05, 0.1) is 6.54 Å². The van der Waals surface area contributed by atoms with Crippen LogP contribution in [0.5, 0.6) is 0 Å². The second kappa shape index (κ2) is 6.98. The first-order valence-electron chi connectivity index (χ1n) is 8.48. The summed E-state index contributed by atoms with van der Waals surface area (Å²) in [5.41, 5.74) is 0.997.